The number of β-lactam (4-membered cyclic amide) rings is 1. The van der Waals surface area contributed by atoms with Gasteiger partial charge in [0.05, 0.1) is 12.4 Å². The fourth-order valence-corrected chi connectivity index (χ4v) is 6.08. The number of nitrogens with one attached hydrogen (secondary N) is 1. The number of carbonyl (C=O) groups excluding carboxylic acids is 2. The highest BCUT2D eigenvalue weighted by Crippen LogP contribution is 2.47. The molecule has 0 spiro atoms. The minimum Gasteiger partial charge on any atom is -0.477 e. The molecule has 1 saturated heterocycles. The van der Waals surface area contributed by atoms with Gasteiger partial charge in [0.2, 0.25) is 11.1 Å². The molecule has 3 rings (SSSR count). The molecule has 1 fully saturated rings. The zero-order chi connectivity index (χ0) is 22.6. The van der Waals surface area contributed by atoms with Gasteiger partial charge in [0.25, 0.3) is 11.6 Å². The van der Waals surface area contributed by atoms with Crippen LogP contribution in [0.2, 0.25) is 0 Å². The number of aliphatic hydroxyl groups is 1. The molecule has 2 aliphatic rings. The van der Waals surface area contributed by atoms with Gasteiger partial charge in [-0.2, -0.15) is 0 Å². The number of aryl methyl sites for hydroxylation is 1. The van der Waals surface area contributed by atoms with Crippen LogP contribution in [0.3, 0.4) is 0 Å². The number of aliphatic carboxylic acids is 1. The van der Waals surface area contributed by atoms with Crippen molar-refractivity contribution in [2.45, 2.75) is 22.7 Å². The van der Waals surface area contributed by atoms with Gasteiger partial charge in [-0.05, 0) is 22.4 Å². The lowest BCUT2D eigenvalue weighted by Gasteiger charge is -2.55. The topological polar surface area (TPSA) is 160 Å². The third-order valence-corrected chi connectivity index (χ3v) is 7.97. The van der Waals surface area contributed by atoms with E-state index in [0.29, 0.717) is 34.4 Å². The van der Waals surface area contributed by atoms with Crippen molar-refractivity contribution in [2.75, 3.05) is 36.7 Å². The lowest BCUT2D eigenvalue weighted by Crippen LogP contribution is -2.80. The third kappa shape index (κ3) is 4.69. The first-order valence-electron chi connectivity index (χ1n) is 9.16. The van der Waals surface area contributed by atoms with Crippen LogP contribution >= 0.6 is 35.3 Å². The van der Waals surface area contributed by atoms with E-state index in [0.717, 1.165) is 0 Å². The van der Waals surface area contributed by atoms with Crippen molar-refractivity contribution in [3.8, 4) is 0 Å². The number of methoxy groups -OCH3 is 1. The Morgan fingerprint density at radius 2 is 2.19 bits per heavy atom. The number of carbonyl (C=O) groups is 3. The van der Waals surface area contributed by atoms with Crippen LogP contribution in [-0.4, -0.2) is 101 Å². The molecule has 12 nitrogen and oxygen atoms in total. The maximum Gasteiger partial charge on any atom is 0.352 e. The predicted molar refractivity (Wildman–Crippen MR) is 114 cm³/mol. The van der Waals surface area contributed by atoms with E-state index in [1.807, 2.05) is 0 Å². The number of amides is 2. The van der Waals surface area contributed by atoms with Gasteiger partial charge in [-0.1, -0.05) is 11.8 Å². The molecule has 2 atom stereocenters. The number of fused-ring (bicyclic) bond motifs is 1. The van der Waals surface area contributed by atoms with Gasteiger partial charge in [0, 0.05) is 31.4 Å². The highest BCUT2D eigenvalue weighted by atomic mass is 32.2. The standard InChI is InChI=1S/C16H22N6O6S3/c1-21-15(18-19-20-21)30-5-3-9-7-31-14-16(28-2,17-10(24)8-29-6-4-23)13(27)22(14)11(9)12(25)26/h14,23H,3-8H2,1-2H3,(H,17,24)(H,25,26)/t14-,16-/m0/s1. The Labute approximate surface area is 190 Å². The van der Waals surface area contributed by atoms with Crippen molar-refractivity contribution < 1.29 is 29.3 Å². The molecule has 0 aromatic carbocycles. The zero-order valence-corrected chi connectivity index (χ0v) is 19.3. The number of aliphatic hydroxyl groups excluding tert-OH is 1. The number of nitrogens with zero attached hydrogens (tertiary/aromatic N) is 5. The molecule has 3 N–H and O–H groups in total. The van der Waals surface area contributed by atoms with Crippen LogP contribution in [0.25, 0.3) is 0 Å². The van der Waals surface area contributed by atoms with Gasteiger partial charge < -0.3 is 20.3 Å². The van der Waals surface area contributed by atoms with E-state index in [4.69, 9.17) is 9.84 Å². The molecule has 0 unspecified atom stereocenters. The van der Waals surface area contributed by atoms with Crippen molar-refractivity contribution in [2.24, 2.45) is 7.05 Å². The summed E-state index contributed by atoms with van der Waals surface area (Å²) in [7, 11) is 3.02. The molecule has 0 radical (unpaired) electrons. The fourth-order valence-electron chi connectivity index (χ4n) is 3.22. The summed E-state index contributed by atoms with van der Waals surface area (Å²) in [4.78, 5) is 38.4. The summed E-state index contributed by atoms with van der Waals surface area (Å²) >= 11 is 3.95. The van der Waals surface area contributed by atoms with E-state index in [1.165, 1.54) is 52.0 Å². The van der Waals surface area contributed by atoms with Crippen molar-refractivity contribution in [1.82, 2.24) is 30.4 Å². The van der Waals surface area contributed by atoms with Crippen LogP contribution in [0.5, 0.6) is 0 Å². The summed E-state index contributed by atoms with van der Waals surface area (Å²) in [5, 5.41) is 32.3. The molecule has 1 aromatic heterocycles. The van der Waals surface area contributed by atoms with E-state index in [1.54, 1.807) is 7.05 Å². The zero-order valence-electron chi connectivity index (χ0n) is 16.8. The first-order valence-corrected chi connectivity index (χ1v) is 12.3. The van der Waals surface area contributed by atoms with Gasteiger partial charge in [0.1, 0.15) is 11.1 Å². The van der Waals surface area contributed by atoms with Gasteiger partial charge in [-0.3, -0.25) is 14.5 Å². The Kier molecular flexibility index (Phi) is 7.85. The number of thioether (sulfide) groups is 3. The molecule has 170 valence electrons. The maximum atomic E-state index is 13.0. The minimum atomic E-state index is -1.60. The first-order chi connectivity index (χ1) is 14.9. The van der Waals surface area contributed by atoms with Crippen LogP contribution in [0.1, 0.15) is 6.42 Å². The van der Waals surface area contributed by atoms with E-state index in [2.05, 4.69) is 20.8 Å². The smallest absolute Gasteiger partial charge is 0.352 e. The molecule has 2 amide bonds. The highest BCUT2D eigenvalue weighted by molar-refractivity contribution is 8.00. The number of tetrazole rings is 1. The number of ether oxygens (including phenoxy) is 1. The van der Waals surface area contributed by atoms with E-state index in [9.17, 15) is 19.5 Å². The van der Waals surface area contributed by atoms with Gasteiger partial charge in [0.15, 0.2) is 0 Å². The van der Waals surface area contributed by atoms with Crippen LogP contribution in [0.15, 0.2) is 16.4 Å². The summed E-state index contributed by atoms with van der Waals surface area (Å²) in [6, 6.07) is 0. The SMILES string of the molecule is CO[C@@]1(NC(=O)CSCCO)C(=O)N2C(C(=O)O)=C(CCSc3nnnn3C)CS[C@H]21. The predicted octanol–water partition coefficient (Wildman–Crippen LogP) is -0.869. The number of carboxylic acid groups (broad SMARTS) is 1. The second-order valence-corrected chi connectivity index (χ2v) is 9.78. The quantitative estimate of drug-likeness (QED) is 0.152. The van der Waals surface area contributed by atoms with Crippen LogP contribution < -0.4 is 5.32 Å². The lowest BCUT2D eigenvalue weighted by atomic mass is 9.97. The third-order valence-electron chi connectivity index (χ3n) is 4.64. The second-order valence-electron chi connectivity index (χ2n) is 6.54. The summed E-state index contributed by atoms with van der Waals surface area (Å²) in [6.45, 7) is -0.0560. The molecule has 0 bridgehead atoms. The Morgan fingerprint density at radius 1 is 1.42 bits per heavy atom. The average molecular weight is 491 g/mol. The Morgan fingerprint density at radius 3 is 2.81 bits per heavy atom. The fraction of sp³-hybridized carbons (Fsp3) is 0.625. The van der Waals surface area contributed by atoms with Crippen LogP contribution in [0.4, 0.5) is 0 Å². The largest absolute Gasteiger partial charge is 0.477 e. The van der Waals surface area contributed by atoms with Gasteiger partial charge in [-0.15, -0.1) is 28.6 Å². The normalized spacial score (nSPS) is 22.9. The number of hydrogen-bond donors (Lipinski definition) is 3. The summed E-state index contributed by atoms with van der Waals surface area (Å²) in [5.41, 5.74) is -1.05. The number of aromatic nitrogens is 4. The lowest BCUT2D eigenvalue weighted by molar-refractivity contribution is -0.192. The molecule has 0 aliphatic carbocycles. The first kappa shape index (κ1) is 23.8. The van der Waals surface area contributed by atoms with Gasteiger partial charge in [-0.25, -0.2) is 9.48 Å². The number of rotatable bonds is 11. The molecule has 3 heterocycles. The van der Waals surface area contributed by atoms with Crippen molar-refractivity contribution in [3.63, 3.8) is 0 Å². The summed E-state index contributed by atoms with van der Waals surface area (Å²) in [5.74, 6) is -0.869. The molecular formula is C16H22N6O6S3. The second kappa shape index (κ2) is 10.2. The molecule has 15 heteroatoms. The average Bonchev–Trinajstić information content (AvgIpc) is 3.16. The number of hydrogen-bond acceptors (Lipinski definition) is 11. The Hall–Kier alpha value is -1.81. The monoisotopic (exact) mass is 490 g/mol. The number of carboxylic acids is 1. The van der Waals surface area contributed by atoms with Crippen molar-refractivity contribution in [1.29, 1.82) is 0 Å². The maximum absolute atomic E-state index is 13.0. The minimum absolute atomic E-state index is 0.0529. The van der Waals surface area contributed by atoms with Crippen LogP contribution in [-0.2, 0) is 26.2 Å². The highest BCUT2D eigenvalue weighted by Gasteiger charge is 2.66. The molecule has 0 saturated carbocycles. The van der Waals surface area contributed by atoms with Crippen molar-refractivity contribution in [3.05, 3.63) is 11.3 Å². The molecule has 2 aliphatic heterocycles. The Balaban J connectivity index is 1.71. The van der Waals surface area contributed by atoms with Crippen LogP contribution in [0, 0.1) is 0 Å². The molecule has 1 aromatic rings. The van der Waals surface area contributed by atoms with E-state index >= 15 is 0 Å². The molecule has 31 heavy (non-hydrogen) atoms. The summed E-state index contributed by atoms with van der Waals surface area (Å²) < 4.78 is 6.92. The molecular weight excluding hydrogens is 468 g/mol. The van der Waals surface area contributed by atoms with E-state index < -0.39 is 28.9 Å². The summed E-state index contributed by atoms with van der Waals surface area (Å²) in [6.07, 6.45) is 0.437. The van der Waals surface area contributed by atoms with Crippen molar-refractivity contribution >= 4 is 53.1 Å². The van der Waals surface area contributed by atoms with Gasteiger partial charge >= 0.3 is 5.97 Å². The Bertz CT molecular complexity index is 895. The van der Waals surface area contributed by atoms with E-state index in [-0.39, 0.29) is 18.1 Å².